The van der Waals surface area contributed by atoms with Gasteiger partial charge in [0, 0.05) is 12.4 Å². The Hall–Kier alpha value is -2.07. The molecule has 4 atom stereocenters. The molecule has 5 rings (SSSR count). The van der Waals surface area contributed by atoms with E-state index < -0.39 is 18.1 Å². The van der Waals surface area contributed by atoms with Crippen LogP contribution in [0.1, 0.15) is 20.1 Å². The van der Waals surface area contributed by atoms with Crippen molar-refractivity contribution in [3.63, 3.8) is 0 Å². The third-order valence-corrected chi connectivity index (χ3v) is 4.53. The normalized spacial score (nSPS) is 32.0. The van der Waals surface area contributed by atoms with Gasteiger partial charge in [0.05, 0.1) is 12.9 Å². The lowest BCUT2D eigenvalue weighted by molar-refractivity contribution is -0.199. The molecule has 0 saturated carbocycles. The Morgan fingerprint density at radius 2 is 1.96 bits per heavy atom. The van der Waals surface area contributed by atoms with Crippen molar-refractivity contribution in [2.45, 2.75) is 44.2 Å². The minimum absolute atomic E-state index is 0.137. The van der Waals surface area contributed by atoms with Gasteiger partial charge in [0.2, 0.25) is 0 Å². The molecule has 1 N–H and O–H groups in total. The van der Waals surface area contributed by atoms with Crippen molar-refractivity contribution in [3.05, 3.63) is 25.0 Å². The van der Waals surface area contributed by atoms with Crippen LogP contribution in [-0.4, -0.2) is 59.7 Å². The number of imidazole rings is 2. The van der Waals surface area contributed by atoms with Gasteiger partial charge in [0.15, 0.2) is 28.8 Å². The first kappa shape index (κ1) is 14.3. The third-order valence-electron chi connectivity index (χ3n) is 4.53. The van der Waals surface area contributed by atoms with Crippen molar-refractivity contribution in [2.24, 2.45) is 0 Å². The zero-order valence-corrected chi connectivity index (χ0v) is 13.2. The molecule has 2 aliphatic rings. The quantitative estimate of drug-likeness (QED) is 0.730. The Bertz CT molecular complexity index is 919. The van der Waals surface area contributed by atoms with Crippen LogP contribution >= 0.6 is 0 Å². The molecule has 24 heavy (non-hydrogen) atoms. The molecule has 9 nitrogen and oxygen atoms in total. The van der Waals surface area contributed by atoms with E-state index in [1.54, 1.807) is 18.9 Å². The Labute approximate surface area is 136 Å². The standard InChI is InChI=1S/C15H17N5O4/c1-15(2)23-10-8(5-21)22-14(11(10)24-15)20-7-17-9-12-16-3-4-19(12)6-18-13(9)20/h3-4,6-8,10-11,14,21H,5H2,1-2H3/t8-,10+,11?,14-/m1/s1. The lowest BCUT2D eigenvalue weighted by Crippen LogP contribution is -2.31. The number of nitrogens with zero attached hydrogens (tertiary/aromatic N) is 5. The Kier molecular flexibility index (Phi) is 2.82. The second-order valence-corrected chi connectivity index (χ2v) is 6.54. The number of aliphatic hydroxyl groups excluding tert-OH is 1. The van der Waals surface area contributed by atoms with Gasteiger partial charge in [-0.3, -0.25) is 8.97 Å². The average molecular weight is 331 g/mol. The minimum atomic E-state index is -0.717. The molecule has 0 radical (unpaired) electrons. The van der Waals surface area contributed by atoms with E-state index in [0.29, 0.717) is 11.2 Å². The molecule has 9 heteroatoms. The molecule has 0 amide bonds. The summed E-state index contributed by atoms with van der Waals surface area (Å²) in [6.45, 7) is 3.58. The molecule has 0 aliphatic carbocycles. The third kappa shape index (κ3) is 1.86. The van der Waals surface area contributed by atoms with Crippen LogP contribution in [0.4, 0.5) is 0 Å². The highest BCUT2D eigenvalue weighted by Gasteiger charge is 2.55. The summed E-state index contributed by atoms with van der Waals surface area (Å²) in [6, 6.07) is 0. The maximum absolute atomic E-state index is 9.61. The number of hydrogen-bond donors (Lipinski definition) is 1. The lowest BCUT2D eigenvalue weighted by atomic mass is 10.1. The van der Waals surface area contributed by atoms with Gasteiger partial charge in [-0.25, -0.2) is 15.0 Å². The summed E-state index contributed by atoms with van der Waals surface area (Å²) in [5, 5.41) is 9.61. The van der Waals surface area contributed by atoms with Gasteiger partial charge in [-0.2, -0.15) is 0 Å². The number of ether oxygens (including phenoxy) is 3. The fourth-order valence-electron chi connectivity index (χ4n) is 3.56. The number of aromatic nitrogens is 5. The summed E-state index contributed by atoms with van der Waals surface area (Å²) in [5.74, 6) is -0.717. The first-order valence-corrected chi connectivity index (χ1v) is 7.83. The molecular weight excluding hydrogens is 314 g/mol. The van der Waals surface area contributed by atoms with Gasteiger partial charge in [0.25, 0.3) is 0 Å². The summed E-state index contributed by atoms with van der Waals surface area (Å²) < 4.78 is 21.5. The van der Waals surface area contributed by atoms with Gasteiger partial charge in [-0.1, -0.05) is 0 Å². The topological polar surface area (TPSA) is 95.9 Å². The van der Waals surface area contributed by atoms with Gasteiger partial charge in [-0.15, -0.1) is 0 Å². The molecule has 3 aromatic rings. The fourth-order valence-corrected chi connectivity index (χ4v) is 3.56. The Balaban J connectivity index is 1.62. The second-order valence-electron chi connectivity index (χ2n) is 6.54. The molecule has 2 saturated heterocycles. The van der Waals surface area contributed by atoms with Gasteiger partial charge < -0.3 is 19.3 Å². The molecule has 126 valence electrons. The fraction of sp³-hybridized carbons (Fsp3) is 0.533. The molecular formula is C15H17N5O4. The SMILES string of the molecule is CC1(C)OC2[C@@H](O1)[C@@H](CO)O[C@H]2n1cnc2c1ncn1ccnc21. The first-order chi connectivity index (χ1) is 11.6. The molecule has 0 aromatic carbocycles. The summed E-state index contributed by atoms with van der Waals surface area (Å²) in [6.07, 6.45) is 5.29. The van der Waals surface area contributed by atoms with Crippen molar-refractivity contribution < 1.29 is 19.3 Å². The molecule has 3 aromatic heterocycles. The highest BCUT2D eigenvalue weighted by Crippen LogP contribution is 2.43. The molecule has 2 aliphatic heterocycles. The van der Waals surface area contributed by atoms with Crippen molar-refractivity contribution in [3.8, 4) is 0 Å². The highest BCUT2D eigenvalue weighted by atomic mass is 16.8. The second kappa shape index (κ2) is 4.73. The first-order valence-electron chi connectivity index (χ1n) is 7.83. The van der Waals surface area contributed by atoms with E-state index in [4.69, 9.17) is 14.2 Å². The molecule has 2 fully saturated rings. The van der Waals surface area contributed by atoms with E-state index in [-0.39, 0.29) is 18.8 Å². The van der Waals surface area contributed by atoms with E-state index in [0.717, 1.165) is 5.65 Å². The van der Waals surface area contributed by atoms with Crippen molar-refractivity contribution in [2.75, 3.05) is 6.61 Å². The molecule has 1 unspecified atom stereocenters. The highest BCUT2D eigenvalue weighted by molar-refractivity contribution is 5.85. The van der Waals surface area contributed by atoms with E-state index in [9.17, 15) is 5.11 Å². The maximum Gasteiger partial charge on any atom is 0.167 e. The van der Waals surface area contributed by atoms with Gasteiger partial charge in [-0.05, 0) is 13.8 Å². The van der Waals surface area contributed by atoms with Crippen LogP contribution < -0.4 is 0 Å². The summed E-state index contributed by atoms with van der Waals surface area (Å²) in [5.41, 5.74) is 2.08. The van der Waals surface area contributed by atoms with E-state index >= 15 is 0 Å². The largest absolute Gasteiger partial charge is 0.394 e. The molecule has 5 heterocycles. The summed E-state index contributed by atoms with van der Waals surface area (Å²) in [7, 11) is 0. The molecule has 0 bridgehead atoms. The Morgan fingerprint density at radius 1 is 1.12 bits per heavy atom. The van der Waals surface area contributed by atoms with E-state index in [1.807, 2.05) is 29.0 Å². The summed E-state index contributed by atoms with van der Waals surface area (Å²) in [4.78, 5) is 13.2. The van der Waals surface area contributed by atoms with Crippen molar-refractivity contribution in [1.82, 2.24) is 23.9 Å². The van der Waals surface area contributed by atoms with Crippen LogP contribution in [0.5, 0.6) is 0 Å². The van der Waals surface area contributed by atoms with Gasteiger partial charge >= 0.3 is 0 Å². The van der Waals surface area contributed by atoms with Crippen LogP contribution in [0.15, 0.2) is 25.0 Å². The average Bonchev–Trinajstić information content (AvgIpc) is 3.26. The zero-order chi connectivity index (χ0) is 16.5. The summed E-state index contributed by atoms with van der Waals surface area (Å²) >= 11 is 0. The minimum Gasteiger partial charge on any atom is -0.394 e. The lowest BCUT2D eigenvalue weighted by Gasteiger charge is -2.24. The molecule has 0 spiro atoms. The van der Waals surface area contributed by atoms with Gasteiger partial charge in [0.1, 0.15) is 24.6 Å². The number of aliphatic hydroxyl groups is 1. The maximum atomic E-state index is 9.61. The number of hydrogen-bond acceptors (Lipinski definition) is 7. The monoisotopic (exact) mass is 331 g/mol. The van der Waals surface area contributed by atoms with Crippen LogP contribution in [0, 0.1) is 0 Å². The van der Waals surface area contributed by atoms with Crippen molar-refractivity contribution in [1.29, 1.82) is 0 Å². The van der Waals surface area contributed by atoms with Crippen molar-refractivity contribution >= 4 is 16.8 Å². The smallest absolute Gasteiger partial charge is 0.167 e. The number of fused-ring (bicyclic) bond motifs is 4. The van der Waals surface area contributed by atoms with E-state index in [1.165, 1.54) is 0 Å². The zero-order valence-electron chi connectivity index (χ0n) is 13.2. The predicted octanol–water partition coefficient (Wildman–Crippen LogP) is 0.489. The Morgan fingerprint density at radius 3 is 2.79 bits per heavy atom. The van der Waals surface area contributed by atoms with E-state index in [2.05, 4.69) is 15.0 Å². The van der Waals surface area contributed by atoms with Crippen LogP contribution in [-0.2, 0) is 14.2 Å². The number of rotatable bonds is 2. The predicted molar refractivity (Wildman–Crippen MR) is 81.1 cm³/mol. The van der Waals surface area contributed by atoms with Crippen LogP contribution in [0.25, 0.3) is 16.8 Å². The van der Waals surface area contributed by atoms with Crippen LogP contribution in [0.3, 0.4) is 0 Å². The van der Waals surface area contributed by atoms with Crippen LogP contribution in [0.2, 0.25) is 0 Å².